The number of aromatic nitrogens is 2. The molecule has 1 aromatic rings. The Bertz CT molecular complexity index is 320. The van der Waals surface area contributed by atoms with E-state index in [4.69, 9.17) is 5.11 Å². The van der Waals surface area contributed by atoms with Crippen LogP contribution in [-0.4, -0.2) is 45.5 Å². The molecule has 0 spiro atoms. The van der Waals surface area contributed by atoms with Gasteiger partial charge in [-0.15, -0.1) is 0 Å². The molecule has 0 aromatic carbocycles. The fourth-order valence-electron chi connectivity index (χ4n) is 2.23. The molecule has 0 bridgehead atoms. The Hall–Kier alpha value is -0.870. The third-order valence-corrected chi connectivity index (χ3v) is 3.42. The summed E-state index contributed by atoms with van der Waals surface area (Å²) in [6.45, 7) is 2.12. The smallest absolute Gasteiger partial charge is 0.0558 e. The zero-order valence-corrected chi connectivity index (χ0v) is 9.97. The SMILES string of the molecule is Cn1cc(CCN(CCO)C2CCC2)cn1. The Labute approximate surface area is 96.9 Å². The third-order valence-electron chi connectivity index (χ3n) is 3.42. The van der Waals surface area contributed by atoms with Gasteiger partial charge >= 0.3 is 0 Å². The molecule has 0 radical (unpaired) electrons. The second kappa shape index (κ2) is 5.46. The van der Waals surface area contributed by atoms with Crippen molar-refractivity contribution in [1.29, 1.82) is 0 Å². The second-order valence-electron chi connectivity index (χ2n) is 4.62. The Kier molecular flexibility index (Phi) is 3.96. The Morgan fingerprint density at radius 2 is 2.31 bits per heavy atom. The van der Waals surface area contributed by atoms with E-state index in [9.17, 15) is 0 Å². The summed E-state index contributed by atoms with van der Waals surface area (Å²) >= 11 is 0. The number of rotatable bonds is 6. The lowest BCUT2D eigenvalue weighted by Crippen LogP contribution is -2.42. The minimum Gasteiger partial charge on any atom is -0.395 e. The predicted octanol–water partition coefficient (Wildman–Crippen LogP) is 0.809. The topological polar surface area (TPSA) is 41.3 Å². The summed E-state index contributed by atoms with van der Waals surface area (Å²) < 4.78 is 1.84. The first-order valence-corrected chi connectivity index (χ1v) is 6.12. The number of aliphatic hydroxyl groups excluding tert-OH is 1. The van der Waals surface area contributed by atoms with Crippen molar-refractivity contribution in [2.24, 2.45) is 7.05 Å². The molecule has 0 unspecified atom stereocenters. The highest BCUT2D eigenvalue weighted by Crippen LogP contribution is 2.24. The summed E-state index contributed by atoms with van der Waals surface area (Å²) in [6.07, 6.45) is 8.97. The number of hydrogen-bond donors (Lipinski definition) is 1. The van der Waals surface area contributed by atoms with Crippen LogP contribution >= 0.6 is 0 Å². The number of nitrogens with zero attached hydrogens (tertiary/aromatic N) is 3. The first-order valence-electron chi connectivity index (χ1n) is 6.12. The molecule has 90 valence electrons. The minimum atomic E-state index is 0.267. The van der Waals surface area contributed by atoms with E-state index < -0.39 is 0 Å². The molecule has 4 nitrogen and oxygen atoms in total. The largest absolute Gasteiger partial charge is 0.395 e. The highest BCUT2D eigenvalue weighted by molar-refractivity contribution is 5.04. The molecule has 1 heterocycles. The summed E-state index contributed by atoms with van der Waals surface area (Å²) in [4.78, 5) is 2.41. The van der Waals surface area contributed by atoms with Crippen LogP contribution in [0.4, 0.5) is 0 Å². The van der Waals surface area contributed by atoms with Crippen LogP contribution in [0, 0.1) is 0 Å². The normalized spacial score (nSPS) is 16.7. The molecule has 16 heavy (non-hydrogen) atoms. The van der Waals surface area contributed by atoms with Gasteiger partial charge in [0.2, 0.25) is 0 Å². The molecule has 2 rings (SSSR count). The monoisotopic (exact) mass is 223 g/mol. The minimum absolute atomic E-state index is 0.267. The van der Waals surface area contributed by atoms with E-state index in [1.165, 1.54) is 24.8 Å². The Morgan fingerprint density at radius 3 is 2.81 bits per heavy atom. The van der Waals surface area contributed by atoms with Crippen LogP contribution in [0.25, 0.3) is 0 Å². The van der Waals surface area contributed by atoms with Gasteiger partial charge in [-0.1, -0.05) is 6.42 Å². The van der Waals surface area contributed by atoms with E-state index >= 15 is 0 Å². The lowest BCUT2D eigenvalue weighted by Gasteiger charge is -2.37. The van der Waals surface area contributed by atoms with Crippen molar-refractivity contribution in [3.8, 4) is 0 Å². The Balaban J connectivity index is 1.81. The van der Waals surface area contributed by atoms with Crippen molar-refractivity contribution in [2.45, 2.75) is 31.7 Å². The number of aliphatic hydroxyl groups is 1. The maximum absolute atomic E-state index is 9.05. The molecule has 0 saturated heterocycles. The maximum Gasteiger partial charge on any atom is 0.0558 e. The molecule has 1 aromatic heterocycles. The Morgan fingerprint density at radius 1 is 1.50 bits per heavy atom. The first-order chi connectivity index (χ1) is 7.79. The van der Waals surface area contributed by atoms with Gasteiger partial charge in [0.1, 0.15) is 0 Å². The average Bonchev–Trinajstić information content (AvgIpc) is 2.58. The highest BCUT2D eigenvalue weighted by atomic mass is 16.3. The van der Waals surface area contributed by atoms with Gasteiger partial charge in [-0.25, -0.2) is 0 Å². The van der Waals surface area contributed by atoms with Gasteiger partial charge in [0.05, 0.1) is 12.8 Å². The zero-order chi connectivity index (χ0) is 11.4. The van der Waals surface area contributed by atoms with Crippen molar-refractivity contribution >= 4 is 0 Å². The van der Waals surface area contributed by atoms with Crippen molar-refractivity contribution in [1.82, 2.24) is 14.7 Å². The van der Waals surface area contributed by atoms with Crippen LogP contribution in [0.3, 0.4) is 0 Å². The van der Waals surface area contributed by atoms with Crippen LogP contribution in [0.5, 0.6) is 0 Å². The molecule has 1 N–H and O–H groups in total. The van der Waals surface area contributed by atoms with Crippen LogP contribution in [0.2, 0.25) is 0 Å². The van der Waals surface area contributed by atoms with Crippen molar-refractivity contribution < 1.29 is 5.11 Å². The average molecular weight is 223 g/mol. The molecular weight excluding hydrogens is 202 g/mol. The van der Waals surface area contributed by atoms with E-state index in [2.05, 4.69) is 16.2 Å². The van der Waals surface area contributed by atoms with Crippen LogP contribution in [0.1, 0.15) is 24.8 Å². The molecule has 1 aliphatic rings. The molecule has 0 aliphatic heterocycles. The van der Waals surface area contributed by atoms with Gasteiger partial charge in [0.15, 0.2) is 0 Å². The van der Waals surface area contributed by atoms with Crippen molar-refractivity contribution in [3.05, 3.63) is 18.0 Å². The zero-order valence-electron chi connectivity index (χ0n) is 9.97. The van der Waals surface area contributed by atoms with Gasteiger partial charge < -0.3 is 5.11 Å². The fraction of sp³-hybridized carbons (Fsp3) is 0.750. The molecule has 1 saturated carbocycles. The van der Waals surface area contributed by atoms with Gasteiger partial charge in [-0.2, -0.15) is 5.10 Å². The molecule has 1 aliphatic carbocycles. The summed E-state index contributed by atoms with van der Waals surface area (Å²) in [6, 6.07) is 0.712. The summed E-state index contributed by atoms with van der Waals surface area (Å²) in [5.74, 6) is 0. The lowest BCUT2D eigenvalue weighted by atomic mass is 9.91. The predicted molar refractivity (Wildman–Crippen MR) is 63.2 cm³/mol. The highest BCUT2D eigenvalue weighted by Gasteiger charge is 2.23. The first kappa shape index (κ1) is 11.6. The van der Waals surface area contributed by atoms with Gasteiger partial charge in [0.25, 0.3) is 0 Å². The standard InChI is InChI=1S/C12H21N3O/c1-14-10-11(9-13-14)5-6-15(7-8-16)12-3-2-4-12/h9-10,12,16H,2-8H2,1H3. The summed E-state index contributed by atoms with van der Waals surface area (Å²) in [5.41, 5.74) is 1.28. The maximum atomic E-state index is 9.05. The molecule has 4 heteroatoms. The summed E-state index contributed by atoms with van der Waals surface area (Å²) in [7, 11) is 1.95. The van der Waals surface area contributed by atoms with Gasteiger partial charge in [-0.3, -0.25) is 9.58 Å². The molecule has 0 amide bonds. The fourth-order valence-corrected chi connectivity index (χ4v) is 2.23. The number of aryl methyl sites for hydroxylation is 1. The van der Waals surface area contributed by atoms with Crippen molar-refractivity contribution in [3.63, 3.8) is 0 Å². The van der Waals surface area contributed by atoms with E-state index in [0.29, 0.717) is 6.04 Å². The van der Waals surface area contributed by atoms with Crippen LogP contribution < -0.4 is 0 Å². The molecular formula is C12H21N3O. The quantitative estimate of drug-likeness (QED) is 0.776. The van der Waals surface area contributed by atoms with Crippen LogP contribution in [-0.2, 0) is 13.5 Å². The van der Waals surface area contributed by atoms with Gasteiger partial charge in [-0.05, 0) is 24.8 Å². The van der Waals surface area contributed by atoms with E-state index in [0.717, 1.165) is 19.5 Å². The third kappa shape index (κ3) is 2.83. The molecule has 0 atom stereocenters. The van der Waals surface area contributed by atoms with E-state index in [-0.39, 0.29) is 6.61 Å². The van der Waals surface area contributed by atoms with Crippen molar-refractivity contribution in [2.75, 3.05) is 19.7 Å². The van der Waals surface area contributed by atoms with E-state index in [1.807, 2.05) is 17.9 Å². The van der Waals surface area contributed by atoms with Gasteiger partial charge in [0, 0.05) is 32.4 Å². The second-order valence-corrected chi connectivity index (χ2v) is 4.62. The van der Waals surface area contributed by atoms with Crippen LogP contribution in [0.15, 0.2) is 12.4 Å². The summed E-state index contributed by atoms with van der Waals surface area (Å²) in [5, 5.41) is 13.2. The lowest BCUT2D eigenvalue weighted by molar-refractivity contribution is 0.103. The molecule has 1 fully saturated rings. The number of hydrogen-bond acceptors (Lipinski definition) is 3. The van der Waals surface area contributed by atoms with E-state index in [1.54, 1.807) is 0 Å².